The molecule has 1 heterocycles. The van der Waals surface area contributed by atoms with Gasteiger partial charge in [0.2, 0.25) is 0 Å². The molecule has 0 saturated heterocycles. The first kappa shape index (κ1) is 12.7. The van der Waals surface area contributed by atoms with Gasteiger partial charge in [-0.2, -0.15) is 0 Å². The maximum atomic E-state index is 5.30. The van der Waals surface area contributed by atoms with E-state index >= 15 is 0 Å². The molecule has 0 aliphatic rings. The molecule has 0 aliphatic carbocycles. The van der Waals surface area contributed by atoms with Crippen LogP contribution in [0.4, 0.5) is 5.69 Å². The average Bonchev–Trinajstić information content (AvgIpc) is 2.38. The molecule has 0 spiro atoms. The molecule has 0 unspecified atom stereocenters. The van der Waals surface area contributed by atoms with Crippen LogP contribution in [-0.2, 0) is 6.42 Å². The van der Waals surface area contributed by atoms with Crippen LogP contribution in [0.1, 0.15) is 12.0 Å². The van der Waals surface area contributed by atoms with Crippen LogP contribution in [0, 0.1) is 6.92 Å². The molecule has 2 rings (SSSR count). The Morgan fingerprint density at radius 2 is 2.11 bits per heavy atom. The smallest absolute Gasteiger partial charge is 0.119 e. The minimum atomic E-state index is 0.866. The van der Waals surface area contributed by atoms with Gasteiger partial charge >= 0.3 is 0 Å². The predicted octanol–water partition coefficient (Wildman–Crippen LogP) is 3.08. The Hall–Kier alpha value is -1.77. The summed E-state index contributed by atoms with van der Waals surface area (Å²) in [5, 5.41) is 1.16. The molecule has 2 aromatic rings. The molecular formula is C15H19N2O. The highest BCUT2D eigenvalue weighted by atomic mass is 16.5. The lowest BCUT2D eigenvalue weighted by Gasteiger charge is -2.19. The molecule has 0 saturated carbocycles. The van der Waals surface area contributed by atoms with Crippen molar-refractivity contribution in [3.8, 4) is 5.75 Å². The van der Waals surface area contributed by atoms with E-state index in [1.54, 1.807) is 7.11 Å². The Morgan fingerprint density at radius 1 is 1.33 bits per heavy atom. The van der Waals surface area contributed by atoms with Crippen molar-refractivity contribution in [1.29, 1.82) is 0 Å². The lowest BCUT2D eigenvalue weighted by Crippen LogP contribution is -2.12. The average molecular weight is 243 g/mol. The van der Waals surface area contributed by atoms with Crippen molar-refractivity contribution in [1.82, 2.24) is 4.98 Å². The fraction of sp³-hybridized carbons (Fsp3) is 0.333. The zero-order valence-corrected chi connectivity index (χ0v) is 11.2. The van der Waals surface area contributed by atoms with E-state index in [-0.39, 0.29) is 0 Å². The summed E-state index contributed by atoms with van der Waals surface area (Å²) in [5.41, 5.74) is 3.45. The Kier molecular flexibility index (Phi) is 3.70. The first-order valence-electron chi connectivity index (χ1n) is 6.09. The zero-order chi connectivity index (χ0) is 13.1. The Bertz CT molecular complexity index is 549. The van der Waals surface area contributed by atoms with Crippen LogP contribution < -0.4 is 9.64 Å². The summed E-state index contributed by atoms with van der Waals surface area (Å²) in [6.07, 6.45) is 3.75. The Morgan fingerprint density at radius 3 is 2.72 bits per heavy atom. The van der Waals surface area contributed by atoms with Crippen molar-refractivity contribution < 1.29 is 4.74 Å². The van der Waals surface area contributed by atoms with Gasteiger partial charge in [0.1, 0.15) is 5.75 Å². The largest absolute Gasteiger partial charge is 0.497 e. The number of anilines is 1. The van der Waals surface area contributed by atoms with Gasteiger partial charge in [0.25, 0.3) is 0 Å². The lowest BCUT2D eigenvalue weighted by molar-refractivity contribution is 0.415. The maximum absolute atomic E-state index is 5.30. The number of aryl methyl sites for hydroxylation is 1. The molecule has 3 nitrogen and oxygen atoms in total. The van der Waals surface area contributed by atoms with Crippen LogP contribution in [0.15, 0.2) is 24.4 Å². The number of pyridine rings is 1. The van der Waals surface area contributed by atoms with Crippen molar-refractivity contribution in [2.75, 3.05) is 26.1 Å². The van der Waals surface area contributed by atoms with Gasteiger partial charge in [-0.15, -0.1) is 0 Å². The topological polar surface area (TPSA) is 25.4 Å². The second-order valence-electron chi connectivity index (χ2n) is 4.50. The summed E-state index contributed by atoms with van der Waals surface area (Å²) in [6.45, 7) is 3.96. The van der Waals surface area contributed by atoms with Gasteiger partial charge in [0.15, 0.2) is 0 Å². The van der Waals surface area contributed by atoms with E-state index in [0.717, 1.165) is 35.2 Å². The third-order valence-corrected chi connectivity index (χ3v) is 3.07. The second-order valence-corrected chi connectivity index (χ2v) is 4.50. The fourth-order valence-electron chi connectivity index (χ4n) is 2.17. The molecule has 0 bridgehead atoms. The van der Waals surface area contributed by atoms with Gasteiger partial charge in [-0.25, -0.2) is 0 Å². The molecule has 3 heteroatoms. The van der Waals surface area contributed by atoms with Crippen LogP contribution in [0.5, 0.6) is 5.75 Å². The number of aromatic nitrogens is 1. The molecule has 1 aromatic heterocycles. The van der Waals surface area contributed by atoms with Gasteiger partial charge in [-0.3, -0.25) is 4.98 Å². The first-order chi connectivity index (χ1) is 8.67. The third kappa shape index (κ3) is 2.26. The second kappa shape index (κ2) is 5.25. The molecular weight excluding hydrogens is 224 g/mol. The number of benzene rings is 1. The molecule has 1 aromatic carbocycles. The zero-order valence-electron chi connectivity index (χ0n) is 11.2. The van der Waals surface area contributed by atoms with Gasteiger partial charge in [0, 0.05) is 19.5 Å². The summed E-state index contributed by atoms with van der Waals surface area (Å²) in [7, 11) is 5.76. The van der Waals surface area contributed by atoms with Crippen molar-refractivity contribution >= 4 is 16.6 Å². The van der Waals surface area contributed by atoms with Crippen LogP contribution in [0.3, 0.4) is 0 Å². The number of ether oxygens (including phenoxy) is 1. The van der Waals surface area contributed by atoms with E-state index in [1.165, 1.54) is 5.56 Å². The molecule has 18 heavy (non-hydrogen) atoms. The summed E-state index contributed by atoms with van der Waals surface area (Å²) >= 11 is 0. The highest BCUT2D eigenvalue weighted by Crippen LogP contribution is 2.29. The Balaban J connectivity index is 2.69. The number of hydrogen-bond donors (Lipinski definition) is 0. The van der Waals surface area contributed by atoms with Crippen molar-refractivity contribution in [2.45, 2.75) is 12.8 Å². The Labute approximate surface area is 108 Å². The highest BCUT2D eigenvalue weighted by Gasteiger charge is 2.10. The molecule has 0 N–H and O–H groups in total. The molecule has 0 atom stereocenters. The van der Waals surface area contributed by atoms with E-state index in [1.807, 2.05) is 32.4 Å². The lowest BCUT2D eigenvalue weighted by atomic mass is 10.0. The summed E-state index contributed by atoms with van der Waals surface area (Å²) < 4.78 is 5.30. The maximum Gasteiger partial charge on any atom is 0.119 e. The van der Waals surface area contributed by atoms with Gasteiger partial charge in [0.05, 0.1) is 24.5 Å². The van der Waals surface area contributed by atoms with Crippen LogP contribution in [0.25, 0.3) is 10.9 Å². The molecule has 1 radical (unpaired) electrons. The normalized spacial score (nSPS) is 10.7. The first-order valence-corrected chi connectivity index (χ1v) is 6.09. The summed E-state index contributed by atoms with van der Waals surface area (Å²) in [6, 6.07) is 6.00. The van der Waals surface area contributed by atoms with Crippen LogP contribution in [-0.4, -0.2) is 26.2 Å². The molecule has 95 valence electrons. The van der Waals surface area contributed by atoms with E-state index in [9.17, 15) is 0 Å². The van der Waals surface area contributed by atoms with Crippen LogP contribution >= 0.6 is 0 Å². The van der Waals surface area contributed by atoms with Gasteiger partial charge < -0.3 is 9.64 Å². The summed E-state index contributed by atoms with van der Waals surface area (Å²) in [5.74, 6) is 0.866. The molecule has 0 fully saturated rings. The third-order valence-electron chi connectivity index (χ3n) is 3.07. The molecule has 0 aliphatic heterocycles. The van der Waals surface area contributed by atoms with Crippen molar-refractivity contribution in [2.24, 2.45) is 0 Å². The van der Waals surface area contributed by atoms with Gasteiger partial charge in [-0.1, -0.05) is 6.92 Å². The minimum absolute atomic E-state index is 0.866. The number of methoxy groups -OCH3 is 1. The SMILES string of the molecule is [CH2]CCc1c(N(C)C)cnc2ccc(OC)cc12. The van der Waals surface area contributed by atoms with E-state index < -0.39 is 0 Å². The number of nitrogens with zero attached hydrogens (tertiary/aromatic N) is 2. The quantitative estimate of drug-likeness (QED) is 0.825. The number of hydrogen-bond acceptors (Lipinski definition) is 3. The predicted molar refractivity (Wildman–Crippen MR) is 76.3 cm³/mol. The number of fused-ring (bicyclic) bond motifs is 1. The van der Waals surface area contributed by atoms with Crippen LogP contribution in [0.2, 0.25) is 0 Å². The highest BCUT2D eigenvalue weighted by molar-refractivity contribution is 5.88. The van der Waals surface area contributed by atoms with Gasteiger partial charge in [-0.05, 0) is 36.6 Å². The van der Waals surface area contributed by atoms with E-state index in [0.29, 0.717) is 0 Å². The van der Waals surface area contributed by atoms with E-state index in [4.69, 9.17) is 4.74 Å². The standard InChI is InChI=1S/C15H19N2O/c1-5-6-12-13-9-11(18-4)7-8-14(13)16-10-15(12)17(2)3/h7-10H,1,5-6H2,2-4H3. The number of rotatable bonds is 4. The molecule has 0 amide bonds. The van der Waals surface area contributed by atoms with Crippen molar-refractivity contribution in [3.63, 3.8) is 0 Å². The minimum Gasteiger partial charge on any atom is -0.497 e. The van der Waals surface area contributed by atoms with E-state index in [2.05, 4.69) is 22.9 Å². The fourth-order valence-corrected chi connectivity index (χ4v) is 2.17. The summed E-state index contributed by atoms with van der Waals surface area (Å²) in [4.78, 5) is 6.60. The van der Waals surface area contributed by atoms with Crippen molar-refractivity contribution in [3.05, 3.63) is 36.9 Å². The monoisotopic (exact) mass is 243 g/mol.